The first kappa shape index (κ1) is 31.0. The van der Waals surface area contributed by atoms with E-state index in [2.05, 4.69) is 58.7 Å². The van der Waals surface area contributed by atoms with Gasteiger partial charge in [0.15, 0.2) is 0 Å². The van der Waals surface area contributed by atoms with Crippen LogP contribution in [0.4, 0.5) is 0 Å². The molecule has 2 aromatic rings. The largest absolute Gasteiger partial charge is 0.753 e. The molecule has 0 saturated heterocycles. The first-order valence-corrected chi connectivity index (χ1v) is 6.77. The quantitative estimate of drug-likeness (QED) is 0.392. The molecule has 0 aliphatic carbocycles. The van der Waals surface area contributed by atoms with E-state index in [-0.39, 0.29) is 45.1 Å². The maximum absolute atomic E-state index is 7.13. The molecular formula is C13H18N7S2Zn2-3. The van der Waals surface area contributed by atoms with E-state index in [1.807, 2.05) is 13.8 Å². The molecule has 0 unspecified atom stereocenters. The summed E-state index contributed by atoms with van der Waals surface area (Å²) in [5.74, 6) is 0. The Hall–Kier alpha value is -0.773. The fraction of sp³-hybridized carbons (Fsp3) is 0.385. The zero-order valence-electron chi connectivity index (χ0n) is 14.3. The molecule has 24 heavy (non-hydrogen) atoms. The molecule has 0 bridgehead atoms. The minimum Gasteiger partial charge on any atom is -0.753 e. The Kier molecular flexibility index (Phi) is 22.1. The number of hydrogen-bond acceptors (Lipinski definition) is 4. The summed E-state index contributed by atoms with van der Waals surface area (Å²) in [6.07, 6.45) is 0.905. The topological polar surface area (TPSA) is 135 Å². The molecule has 0 aromatic carbocycles. The van der Waals surface area contributed by atoms with Crippen LogP contribution in [0.5, 0.6) is 0 Å². The van der Waals surface area contributed by atoms with E-state index in [0.29, 0.717) is 0 Å². The predicted molar refractivity (Wildman–Crippen MR) is 96.1 cm³/mol. The summed E-state index contributed by atoms with van der Waals surface area (Å²) < 4.78 is 0. The van der Waals surface area contributed by atoms with Crippen LogP contribution in [0.25, 0.3) is 17.0 Å². The third kappa shape index (κ3) is 10.2. The van der Waals surface area contributed by atoms with Crippen molar-refractivity contribution in [3.8, 4) is 0 Å². The third-order valence-corrected chi connectivity index (χ3v) is 2.91. The van der Waals surface area contributed by atoms with Gasteiger partial charge < -0.3 is 17.0 Å². The number of aromatic amines is 2. The summed E-state index contributed by atoms with van der Waals surface area (Å²) in [7, 11) is 0. The van der Waals surface area contributed by atoms with E-state index in [0.717, 1.165) is 29.2 Å². The number of aryl methyl sites for hydroxylation is 4. The second kappa shape index (κ2) is 17.1. The maximum Gasteiger partial charge on any atom is 0.0629 e. The number of nitrogens with zero attached hydrogens (tertiary/aromatic N) is 4. The predicted octanol–water partition coefficient (Wildman–Crippen LogP) is 3.99. The second-order valence-electron chi connectivity index (χ2n) is 4.18. The molecule has 0 atom stereocenters. The number of hydrogen-bond donors (Lipinski definition) is 2. The smallest absolute Gasteiger partial charge is 0.0629 e. The van der Waals surface area contributed by atoms with Gasteiger partial charge in [0.2, 0.25) is 0 Å². The van der Waals surface area contributed by atoms with Crippen molar-refractivity contribution in [2.75, 3.05) is 0 Å². The van der Waals surface area contributed by atoms with Crippen LogP contribution in [-0.4, -0.2) is 30.7 Å². The summed E-state index contributed by atoms with van der Waals surface area (Å²) in [6.45, 7) is 8.17. The molecule has 11 heteroatoms. The van der Waals surface area contributed by atoms with Crippen molar-refractivity contribution in [3.63, 3.8) is 0 Å². The molecule has 2 aromatic heterocycles. The van der Waals surface area contributed by atoms with Crippen molar-refractivity contribution in [1.29, 1.82) is 0 Å². The molecule has 2 rings (SSSR count). The Morgan fingerprint density at radius 2 is 1.08 bits per heavy atom. The van der Waals surface area contributed by atoms with E-state index in [4.69, 9.17) is 10.8 Å². The summed E-state index contributed by atoms with van der Waals surface area (Å²) >= 11 is 7.40. The maximum atomic E-state index is 7.13. The van der Waals surface area contributed by atoms with Crippen LogP contribution in [0.2, 0.25) is 0 Å². The zero-order chi connectivity index (χ0) is 16.4. The summed E-state index contributed by atoms with van der Waals surface area (Å²) in [5.41, 5.74) is 7.00. The van der Waals surface area contributed by atoms with Crippen molar-refractivity contribution < 1.29 is 39.0 Å². The van der Waals surface area contributed by atoms with Gasteiger partial charge in [0.05, 0.1) is 11.4 Å². The molecule has 0 amide bonds. The van der Waals surface area contributed by atoms with E-state index in [1.165, 1.54) is 21.4 Å². The number of isothiocyanates is 2. The van der Waals surface area contributed by atoms with Gasteiger partial charge in [-0.15, -0.1) is 0 Å². The second-order valence-corrected chi connectivity index (χ2v) is 4.55. The number of H-pyrrole nitrogens is 2. The van der Waals surface area contributed by atoms with Gasteiger partial charge in [-0.2, -0.15) is 20.5 Å². The van der Waals surface area contributed by atoms with Crippen LogP contribution in [-0.2, 0) is 45.4 Å². The molecule has 0 fully saturated rings. The van der Waals surface area contributed by atoms with Crippen molar-refractivity contribution in [1.82, 2.24) is 20.4 Å². The van der Waals surface area contributed by atoms with Gasteiger partial charge in [0.25, 0.3) is 0 Å². The number of nitrogens with one attached hydrogen (secondary N) is 2. The molecule has 0 spiro atoms. The van der Waals surface area contributed by atoms with Gasteiger partial charge in [-0.05, 0) is 27.7 Å². The standard InChI is InChI=1S/C11H16N4.2CNS.H2N.2Zn/c1-6-10(7(2)13-12-6)5-11-8(3)14-15-9(11)4;2*2-1-3;;;/h5H2,1-4H3,(H,12,13)(H,14,15);;;1H2;;/q;3*-1;;. The summed E-state index contributed by atoms with van der Waals surface area (Å²) in [5, 5.41) is 31.4. The van der Waals surface area contributed by atoms with Gasteiger partial charge in [-0.1, -0.05) is 24.4 Å². The normalized spacial score (nSPS) is 7.50. The molecule has 124 valence electrons. The van der Waals surface area contributed by atoms with Crippen LogP contribution in [0.1, 0.15) is 33.9 Å². The summed E-state index contributed by atoms with van der Waals surface area (Å²) in [4.78, 5) is 0. The van der Waals surface area contributed by atoms with Crippen molar-refractivity contribution >= 4 is 34.8 Å². The number of rotatable bonds is 2. The first-order valence-electron chi connectivity index (χ1n) is 5.96. The van der Waals surface area contributed by atoms with E-state index < -0.39 is 0 Å². The Labute approximate surface area is 178 Å². The SMILES string of the molecule is Cc1n[nH]c(C)c1Cc1c(C)n[nH]c1C.[N-]=C=S.[N-]=C=S.[NH2-].[Zn].[Zn]. The molecule has 2 heterocycles. The van der Waals surface area contributed by atoms with Crippen LogP contribution in [0, 0.1) is 27.7 Å². The average molecular weight is 467 g/mol. The minimum absolute atomic E-state index is 0. The first-order chi connectivity index (χ1) is 9.92. The van der Waals surface area contributed by atoms with Gasteiger partial charge >= 0.3 is 0 Å². The van der Waals surface area contributed by atoms with Crippen molar-refractivity contribution in [2.45, 2.75) is 34.1 Å². The Morgan fingerprint density at radius 1 is 0.833 bits per heavy atom. The minimum atomic E-state index is 0. The third-order valence-electron chi connectivity index (χ3n) is 2.91. The van der Waals surface area contributed by atoms with Gasteiger partial charge in [0, 0.05) is 67.9 Å². The molecule has 0 aliphatic rings. The van der Waals surface area contributed by atoms with Gasteiger partial charge in [-0.3, -0.25) is 10.2 Å². The van der Waals surface area contributed by atoms with Crippen LogP contribution >= 0.6 is 24.4 Å². The van der Waals surface area contributed by atoms with Crippen molar-refractivity contribution in [2.24, 2.45) is 0 Å². The van der Waals surface area contributed by atoms with E-state index in [1.54, 1.807) is 0 Å². The molecule has 4 N–H and O–H groups in total. The number of aromatic nitrogens is 4. The van der Waals surface area contributed by atoms with Gasteiger partial charge in [0.1, 0.15) is 0 Å². The fourth-order valence-corrected chi connectivity index (χ4v) is 1.85. The van der Waals surface area contributed by atoms with Crippen molar-refractivity contribution in [3.05, 3.63) is 50.9 Å². The Morgan fingerprint density at radius 3 is 1.25 bits per heavy atom. The molecule has 0 radical (unpaired) electrons. The Bertz CT molecular complexity index is 560. The van der Waals surface area contributed by atoms with Crippen LogP contribution in [0.3, 0.4) is 0 Å². The molecule has 0 aliphatic heterocycles. The average Bonchev–Trinajstić information content (AvgIpc) is 2.90. The molecule has 7 nitrogen and oxygen atoms in total. The fourth-order valence-electron chi connectivity index (χ4n) is 1.85. The Balaban J connectivity index is -0.000000197. The zero-order valence-corrected chi connectivity index (χ0v) is 21.9. The molecular weight excluding hydrogens is 449 g/mol. The van der Waals surface area contributed by atoms with Gasteiger partial charge in [-0.25, -0.2) is 0 Å². The van der Waals surface area contributed by atoms with E-state index >= 15 is 0 Å². The van der Waals surface area contributed by atoms with E-state index in [9.17, 15) is 0 Å². The summed E-state index contributed by atoms with van der Waals surface area (Å²) in [6, 6.07) is 0. The monoisotopic (exact) mass is 464 g/mol. The number of nitrogens with two attached hydrogens (primary N) is 1. The van der Waals surface area contributed by atoms with Crippen LogP contribution in [0.15, 0.2) is 0 Å². The number of thiocarbonyl (C=S) groups is 2. The van der Waals surface area contributed by atoms with Crippen LogP contribution < -0.4 is 0 Å². The molecule has 0 saturated carbocycles.